The average molecular weight is 847 g/mol. The van der Waals surface area contributed by atoms with E-state index in [1.807, 2.05) is 62.4 Å². The van der Waals surface area contributed by atoms with Gasteiger partial charge in [-0.15, -0.1) is 0 Å². The lowest BCUT2D eigenvalue weighted by Crippen LogP contribution is -2.57. The molecule has 0 spiro atoms. The summed E-state index contributed by atoms with van der Waals surface area (Å²) < 4.78 is 50.0. The molecule has 4 aliphatic rings. The van der Waals surface area contributed by atoms with Gasteiger partial charge in [0, 0.05) is 50.9 Å². The number of cyclic esters (lactones) is 1. The van der Waals surface area contributed by atoms with Crippen molar-refractivity contribution in [2.24, 2.45) is 23.7 Å². The Labute approximate surface area is 355 Å². The zero-order chi connectivity index (χ0) is 45.0. The first-order valence-electron chi connectivity index (χ1n) is 21.9. The maximum Gasteiger partial charge on any atom is 0.509 e. The van der Waals surface area contributed by atoms with Crippen molar-refractivity contribution in [2.75, 3.05) is 48.0 Å². The molecule has 0 saturated carbocycles. The molecule has 15 heteroatoms. The van der Waals surface area contributed by atoms with Crippen LogP contribution in [0.2, 0.25) is 0 Å². The lowest BCUT2D eigenvalue weighted by Gasteiger charge is -2.46. The quantitative estimate of drug-likeness (QED) is 0.217. The minimum absolute atomic E-state index is 0.00158. The molecule has 0 aromatic carbocycles. The first-order chi connectivity index (χ1) is 27.5. The van der Waals surface area contributed by atoms with E-state index < -0.39 is 77.6 Å². The number of likely N-dealkylation sites (N-methyl/N-ethyl adjacent to an activating group) is 1. The summed E-state index contributed by atoms with van der Waals surface area (Å²) in [6.07, 6.45) is -0.220. The van der Waals surface area contributed by atoms with E-state index in [0.717, 1.165) is 12.8 Å². The number of aliphatic hydroxyl groups excluding tert-OH is 1. The zero-order valence-electron chi connectivity index (χ0n) is 39.2. The lowest BCUT2D eigenvalue weighted by molar-refractivity contribution is -0.271. The molecule has 4 rings (SSSR count). The third-order valence-electron chi connectivity index (χ3n) is 12.9. The predicted octanol–water partition coefficient (Wildman–Crippen LogP) is 5.59. The summed E-state index contributed by atoms with van der Waals surface area (Å²) in [6.45, 7) is 24.0. The predicted molar refractivity (Wildman–Crippen MR) is 224 cm³/mol. The maximum atomic E-state index is 14.4. The number of nitrogens with zero attached hydrogens (tertiary/aromatic N) is 2. The summed E-state index contributed by atoms with van der Waals surface area (Å²) in [4.78, 5) is 40.3. The van der Waals surface area contributed by atoms with Crippen molar-refractivity contribution in [3.63, 3.8) is 0 Å². The Morgan fingerprint density at radius 1 is 0.932 bits per heavy atom. The Bertz CT molecular complexity index is 1290. The Morgan fingerprint density at radius 3 is 2.10 bits per heavy atom. The number of rotatable bonds is 9. The number of carbonyl (C=O) groups excluding carboxylic acids is 3. The van der Waals surface area contributed by atoms with Gasteiger partial charge in [-0.05, 0) is 93.8 Å². The van der Waals surface area contributed by atoms with Gasteiger partial charge in [0.2, 0.25) is 0 Å². The molecule has 4 aliphatic heterocycles. The molecular weight excluding hydrogens is 764 g/mol. The van der Waals surface area contributed by atoms with Crippen LogP contribution in [0.4, 0.5) is 4.79 Å². The largest absolute Gasteiger partial charge is 0.509 e. The number of ether oxygens (including phenoxy) is 8. The average Bonchev–Trinajstić information content (AvgIpc) is 3.48. The molecule has 0 aromatic heterocycles. The summed E-state index contributed by atoms with van der Waals surface area (Å²) in [5.74, 6) is -2.06. The van der Waals surface area contributed by atoms with Gasteiger partial charge in [0.05, 0.1) is 48.6 Å². The second kappa shape index (κ2) is 23.5. The summed E-state index contributed by atoms with van der Waals surface area (Å²) >= 11 is 0. The van der Waals surface area contributed by atoms with Gasteiger partial charge in [0.25, 0.3) is 0 Å². The highest BCUT2D eigenvalue weighted by Gasteiger charge is 2.58. The normalized spacial score (nSPS) is 42.6. The zero-order valence-corrected chi connectivity index (χ0v) is 39.2. The topological polar surface area (TPSA) is 172 Å². The maximum absolute atomic E-state index is 14.4. The van der Waals surface area contributed by atoms with Crippen LogP contribution < -0.4 is 0 Å². The Balaban J connectivity index is 0.00000188. The minimum atomic E-state index is -1.34. The van der Waals surface area contributed by atoms with Gasteiger partial charge in [-0.1, -0.05) is 41.5 Å². The molecule has 4 saturated heterocycles. The molecule has 0 aliphatic carbocycles. The third kappa shape index (κ3) is 14.3. The van der Waals surface area contributed by atoms with Crippen LogP contribution in [0.3, 0.4) is 0 Å². The first kappa shape index (κ1) is 53.2. The molecule has 6 unspecified atom stereocenters. The smallest absolute Gasteiger partial charge is 0.458 e. The van der Waals surface area contributed by atoms with Gasteiger partial charge >= 0.3 is 12.1 Å². The van der Waals surface area contributed by atoms with Crippen molar-refractivity contribution in [1.82, 2.24) is 9.80 Å². The standard InChI is InChI=1S/C40H72N2O11.C2H4O2.C2H6/c1-15-31-40(10)35(52-37(44)53-40)28(7)42(13)21-23(2)18-39(9,45)34(51-32-17-29(41(11)12)16-24(3)48-32)26(5)30(27(6)36(43)50-31)22-47-33-20-38(8,46-14)19-25(4)49-33;3-1-2-4;1-2/h23-35,45H,15-22H2,1-14H3;1,4H,2H2;1-2H3/t23-,24?,25?,26+,27?,28?,29?,30+,31-,32?,33-,34-,35+,38+,39-,40-;;/m1../s1. The Kier molecular flexibility index (Phi) is 21.2. The minimum Gasteiger partial charge on any atom is -0.458 e. The highest BCUT2D eigenvalue weighted by molar-refractivity contribution is 5.73. The SMILES string of the molecule is CC.CC[C@H]1OC(=O)C(C)[C@@H](CO[C@H]2C[C@@](C)(OC)CC(C)O2)[C@H](C)[C@@H](OC2CC(N(C)C)CC(C)O2)[C@](C)(O)C[C@@H](C)CN(C)C(C)[C@@H]2OC(=O)O[C@]12C.O=CCO. The number of esters is 1. The van der Waals surface area contributed by atoms with Crippen LogP contribution in [-0.2, 0) is 47.5 Å². The fraction of sp³-hybridized carbons (Fsp3) is 0.932. The first-order valence-corrected chi connectivity index (χ1v) is 21.9. The van der Waals surface area contributed by atoms with Gasteiger partial charge in [-0.25, -0.2) is 4.79 Å². The molecule has 2 N–H and O–H groups in total. The molecule has 4 fully saturated rings. The highest BCUT2D eigenvalue weighted by Crippen LogP contribution is 2.42. The van der Waals surface area contributed by atoms with Crippen molar-refractivity contribution in [2.45, 2.75) is 194 Å². The monoisotopic (exact) mass is 847 g/mol. The molecule has 59 heavy (non-hydrogen) atoms. The van der Waals surface area contributed by atoms with Crippen molar-refractivity contribution in [3.8, 4) is 0 Å². The van der Waals surface area contributed by atoms with Crippen LogP contribution in [0.25, 0.3) is 0 Å². The van der Waals surface area contributed by atoms with Crippen molar-refractivity contribution < 1.29 is 62.5 Å². The van der Waals surface area contributed by atoms with Gasteiger partial charge in [-0.2, -0.15) is 0 Å². The summed E-state index contributed by atoms with van der Waals surface area (Å²) in [6, 6.07) is -0.0333. The number of hydrogen-bond donors (Lipinski definition) is 2. The van der Waals surface area contributed by atoms with E-state index in [9.17, 15) is 14.7 Å². The van der Waals surface area contributed by atoms with E-state index in [1.54, 1.807) is 14.0 Å². The van der Waals surface area contributed by atoms with Crippen molar-refractivity contribution in [3.05, 3.63) is 0 Å². The second-order valence-electron chi connectivity index (χ2n) is 18.2. The van der Waals surface area contributed by atoms with E-state index in [1.165, 1.54) is 0 Å². The number of hydrogen-bond acceptors (Lipinski definition) is 15. The van der Waals surface area contributed by atoms with Gasteiger partial charge in [0.1, 0.15) is 12.4 Å². The van der Waals surface area contributed by atoms with E-state index in [2.05, 4.69) is 44.7 Å². The number of carbonyl (C=O) groups is 3. The van der Waals surface area contributed by atoms with Crippen LogP contribution >= 0.6 is 0 Å². The van der Waals surface area contributed by atoms with Gasteiger partial charge in [-0.3, -0.25) is 9.69 Å². The highest BCUT2D eigenvalue weighted by atomic mass is 16.8. The number of aliphatic hydroxyl groups is 2. The molecule has 0 amide bonds. The van der Waals surface area contributed by atoms with Gasteiger partial charge < -0.3 is 57.8 Å². The number of methoxy groups -OCH3 is 1. The third-order valence-corrected chi connectivity index (χ3v) is 12.9. The Morgan fingerprint density at radius 2 is 1.54 bits per heavy atom. The fourth-order valence-corrected chi connectivity index (χ4v) is 9.55. The molecule has 16 atom stereocenters. The van der Waals surface area contributed by atoms with E-state index in [0.29, 0.717) is 38.5 Å². The van der Waals surface area contributed by atoms with Crippen LogP contribution in [0.5, 0.6) is 0 Å². The van der Waals surface area contributed by atoms with Crippen LogP contribution in [0.15, 0.2) is 0 Å². The summed E-state index contributed by atoms with van der Waals surface area (Å²) in [5, 5.41) is 20.1. The second-order valence-corrected chi connectivity index (χ2v) is 18.2. The summed E-state index contributed by atoms with van der Waals surface area (Å²) in [5.41, 5.74) is -2.98. The molecule has 15 nitrogen and oxygen atoms in total. The molecule has 4 heterocycles. The molecular formula is C44H82N2O13. The van der Waals surface area contributed by atoms with E-state index >= 15 is 0 Å². The van der Waals surface area contributed by atoms with Crippen molar-refractivity contribution in [1.29, 1.82) is 0 Å². The van der Waals surface area contributed by atoms with Crippen LogP contribution in [0, 0.1) is 23.7 Å². The van der Waals surface area contributed by atoms with Crippen LogP contribution in [0.1, 0.15) is 122 Å². The number of aldehydes is 1. The fourth-order valence-electron chi connectivity index (χ4n) is 9.55. The number of fused-ring (bicyclic) bond motifs is 1. The molecule has 346 valence electrons. The summed E-state index contributed by atoms with van der Waals surface area (Å²) in [7, 11) is 7.81. The van der Waals surface area contributed by atoms with Crippen molar-refractivity contribution >= 4 is 18.4 Å². The molecule has 0 radical (unpaired) electrons. The molecule has 0 bridgehead atoms. The van der Waals surface area contributed by atoms with Crippen LogP contribution in [-0.4, -0.2) is 158 Å². The molecule has 0 aromatic rings. The van der Waals surface area contributed by atoms with Gasteiger partial charge in [0.15, 0.2) is 24.3 Å². The Hall–Kier alpha value is -1.95. The van der Waals surface area contributed by atoms with E-state index in [4.69, 9.17) is 47.8 Å². The van der Waals surface area contributed by atoms with E-state index in [-0.39, 0.29) is 43.4 Å². The lowest BCUT2D eigenvalue weighted by atomic mass is 9.73.